The van der Waals surface area contributed by atoms with Crippen molar-refractivity contribution in [3.63, 3.8) is 0 Å². The Balaban J connectivity index is 2.04. The molecule has 0 saturated heterocycles. The first-order chi connectivity index (χ1) is 4.93. The second kappa shape index (κ2) is 4.23. The molecule has 0 unspecified atom stereocenters. The van der Waals surface area contributed by atoms with Gasteiger partial charge in [-0.25, -0.2) is 0 Å². The molecule has 0 bridgehead atoms. The molecular formula is C8H13NO. The summed E-state index contributed by atoms with van der Waals surface area (Å²) in [4.78, 5) is 4.16. The molecule has 2 nitrogen and oxygen atoms in total. The lowest BCUT2D eigenvalue weighted by Crippen LogP contribution is -2.01. The maximum absolute atomic E-state index is 5.19. The van der Waals surface area contributed by atoms with Crippen LogP contribution < -0.4 is 0 Å². The molecule has 1 heterocycles. The van der Waals surface area contributed by atoms with E-state index in [9.17, 15) is 0 Å². The highest BCUT2D eigenvalue weighted by Crippen LogP contribution is 2.03. The molecule has 0 aromatic rings. The predicted molar refractivity (Wildman–Crippen MR) is 42.3 cm³/mol. The molecule has 0 aromatic heterocycles. The topological polar surface area (TPSA) is 21.6 Å². The van der Waals surface area contributed by atoms with Crippen LogP contribution in [0.25, 0.3) is 0 Å². The van der Waals surface area contributed by atoms with Gasteiger partial charge in [0.25, 0.3) is 0 Å². The molecular weight excluding hydrogens is 126 g/mol. The maximum atomic E-state index is 5.19. The fourth-order valence-corrected chi connectivity index (χ4v) is 0.900. The first kappa shape index (κ1) is 7.48. The minimum absolute atomic E-state index is 0.806. The van der Waals surface area contributed by atoms with Crippen molar-refractivity contribution in [2.45, 2.75) is 19.8 Å². The summed E-state index contributed by atoms with van der Waals surface area (Å²) >= 11 is 0. The van der Waals surface area contributed by atoms with Crippen LogP contribution in [0.4, 0.5) is 0 Å². The smallest absolute Gasteiger partial charge is 0.0518 e. The highest BCUT2D eigenvalue weighted by molar-refractivity contribution is 5.88. The molecule has 1 aliphatic rings. The van der Waals surface area contributed by atoms with Crippen LogP contribution in [0.2, 0.25) is 0 Å². The molecule has 2 heteroatoms. The van der Waals surface area contributed by atoms with Crippen LogP contribution in [-0.4, -0.2) is 18.9 Å². The zero-order chi connectivity index (χ0) is 7.23. The van der Waals surface area contributed by atoms with Gasteiger partial charge in [-0.3, -0.25) is 4.99 Å². The van der Waals surface area contributed by atoms with Crippen molar-refractivity contribution >= 4 is 5.71 Å². The lowest BCUT2D eigenvalue weighted by atomic mass is 10.2. The number of hydrogen-bond donors (Lipinski definition) is 0. The summed E-state index contributed by atoms with van der Waals surface area (Å²) in [6, 6.07) is 0. The molecule has 1 aliphatic heterocycles. The Labute approximate surface area is 61.6 Å². The minimum Gasteiger partial charge on any atom is -0.381 e. The summed E-state index contributed by atoms with van der Waals surface area (Å²) in [6.45, 7) is 3.63. The zero-order valence-corrected chi connectivity index (χ0v) is 6.34. The van der Waals surface area contributed by atoms with Crippen molar-refractivity contribution < 1.29 is 4.74 Å². The average molecular weight is 139 g/mol. The number of allylic oxidation sites excluding steroid dienone is 1. The van der Waals surface area contributed by atoms with Gasteiger partial charge in [-0.15, -0.1) is 0 Å². The second-order valence-corrected chi connectivity index (χ2v) is 2.23. The summed E-state index contributed by atoms with van der Waals surface area (Å²) in [5.41, 5.74) is 1.24. The van der Waals surface area contributed by atoms with Gasteiger partial charge in [0.15, 0.2) is 0 Å². The Hall–Kier alpha value is -0.630. The van der Waals surface area contributed by atoms with Crippen LogP contribution >= 0.6 is 0 Å². The SMILES string of the molecule is CCOCCC1=NC=CC1. The molecule has 0 amide bonds. The van der Waals surface area contributed by atoms with E-state index in [-0.39, 0.29) is 0 Å². The summed E-state index contributed by atoms with van der Waals surface area (Å²) in [7, 11) is 0. The van der Waals surface area contributed by atoms with E-state index in [1.54, 1.807) is 0 Å². The van der Waals surface area contributed by atoms with Gasteiger partial charge in [0.2, 0.25) is 0 Å². The fraction of sp³-hybridized carbons (Fsp3) is 0.625. The average Bonchev–Trinajstić information content (AvgIpc) is 2.41. The monoisotopic (exact) mass is 139 g/mol. The van der Waals surface area contributed by atoms with E-state index < -0.39 is 0 Å². The molecule has 0 aromatic carbocycles. The van der Waals surface area contributed by atoms with Gasteiger partial charge >= 0.3 is 0 Å². The summed E-state index contributed by atoms with van der Waals surface area (Å²) in [5.74, 6) is 0. The van der Waals surface area contributed by atoms with Gasteiger partial charge < -0.3 is 4.74 Å². The summed E-state index contributed by atoms with van der Waals surface area (Å²) < 4.78 is 5.19. The van der Waals surface area contributed by atoms with Crippen molar-refractivity contribution in [2.75, 3.05) is 13.2 Å². The third-order valence-corrected chi connectivity index (χ3v) is 1.46. The first-order valence-corrected chi connectivity index (χ1v) is 3.71. The number of ether oxygens (including phenoxy) is 1. The highest BCUT2D eigenvalue weighted by atomic mass is 16.5. The molecule has 1 rings (SSSR count). The van der Waals surface area contributed by atoms with Crippen LogP contribution in [-0.2, 0) is 4.74 Å². The molecule has 10 heavy (non-hydrogen) atoms. The molecule has 0 aliphatic carbocycles. The van der Waals surface area contributed by atoms with Crippen LogP contribution in [0, 0.1) is 0 Å². The van der Waals surface area contributed by atoms with E-state index in [1.807, 2.05) is 13.1 Å². The highest BCUT2D eigenvalue weighted by Gasteiger charge is 1.99. The number of aliphatic imine (C=N–C) groups is 1. The van der Waals surface area contributed by atoms with E-state index in [4.69, 9.17) is 4.74 Å². The van der Waals surface area contributed by atoms with Gasteiger partial charge in [-0.1, -0.05) is 6.08 Å². The second-order valence-electron chi connectivity index (χ2n) is 2.23. The standard InChI is InChI=1S/C8H13NO/c1-2-10-7-5-8-4-3-6-9-8/h3,6H,2,4-5,7H2,1H3. The Morgan fingerprint density at radius 1 is 1.70 bits per heavy atom. The van der Waals surface area contributed by atoms with E-state index in [0.717, 1.165) is 26.1 Å². The lowest BCUT2D eigenvalue weighted by Gasteiger charge is -1.99. The van der Waals surface area contributed by atoms with Crippen LogP contribution in [0.5, 0.6) is 0 Å². The van der Waals surface area contributed by atoms with Crippen LogP contribution in [0.15, 0.2) is 17.3 Å². The van der Waals surface area contributed by atoms with Gasteiger partial charge in [0, 0.05) is 31.4 Å². The van der Waals surface area contributed by atoms with Crippen molar-refractivity contribution in [1.29, 1.82) is 0 Å². The van der Waals surface area contributed by atoms with Crippen LogP contribution in [0.3, 0.4) is 0 Å². The van der Waals surface area contributed by atoms with Gasteiger partial charge in [0.1, 0.15) is 0 Å². The van der Waals surface area contributed by atoms with Gasteiger partial charge in [-0.05, 0) is 6.92 Å². The largest absolute Gasteiger partial charge is 0.381 e. The Kier molecular flexibility index (Phi) is 3.16. The first-order valence-electron chi connectivity index (χ1n) is 3.71. The third-order valence-electron chi connectivity index (χ3n) is 1.46. The molecule has 0 fully saturated rings. The molecule has 56 valence electrons. The van der Waals surface area contributed by atoms with E-state index in [1.165, 1.54) is 5.71 Å². The Bertz CT molecular complexity index is 149. The lowest BCUT2D eigenvalue weighted by molar-refractivity contribution is 0.155. The molecule has 0 N–H and O–H groups in total. The Morgan fingerprint density at radius 3 is 3.20 bits per heavy atom. The molecule has 0 radical (unpaired) electrons. The van der Waals surface area contributed by atoms with Crippen molar-refractivity contribution in [3.8, 4) is 0 Å². The van der Waals surface area contributed by atoms with Crippen molar-refractivity contribution in [1.82, 2.24) is 0 Å². The maximum Gasteiger partial charge on any atom is 0.0518 e. The normalized spacial score (nSPS) is 15.9. The molecule has 0 atom stereocenters. The summed E-state index contributed by atoms with van der Waals surface area (Å²) in [6.07, 6.45) is 5.94. The van der Waals surface area contributed by atoms with E-state index in [0.29, 0.717) is 0 Å². The molecule has 0 spiro atoms. The predicted octanol–water partition coefficient (Wildman–Crippen LogP) is 1.77. The zero-order valence-electron chi connectivity index (χ0n) is 6.34. The van der Waals surface area contributed by atoms with Crippen molar-refractivity contribution in [3.05, 3.63) is 12.3 Å². The Morgan fingerprint density at radius 2 is 2.60 bits per heavy atom. The van der Waals surface area contributed by atoms with E-state index in [2.05, 4.69) is 11.1 Å². The number of rotatable bonds is 4. The number of hydrogen-bond acceptors (Lipinski definition) is 2. The van der Waals surface area contributed by atoms with Gasteiger partial charge in [-0.2, -0.15) is 0 Å². The van der Waals surface area contributed by atoms with Crippen molar-refractivity contribution in [2.24, 2.45) is 4.99 Å². The summed E-state index contributed by atoms with van der Waals surface area (Å²) in [5, 5.41) is 0. The van der Waals surface area contributed by atoms with Gasteiger partial charge in [0.05, 0.1) is 6.61 Å². The third kappa shape index (κ3) is 2.31. The number of nitrogens with zero attached hydrogens (tertiary/aromatic N) is 1. The molecule has 0 saturated carbocycles. The minimum atomic E-state index is 0.806. The fourth-order valence-electron chi connectivity index (χ4n) is 0.900. The van der Waals surface area contributed by atoms with E-state index >= 15 is 0 Å². The van der Waals surface area contributed by atoms with Crippen LogP contribution in [0.1, 0.15) is 19.8 Å². The quantitative estimate of drug-likeness (QED) is 0.544.